The van der Waals surface area contributed by atoms with E-state index in [1.54, 1.807) is 16.7 Å². The Morgan fingerprint density at radius 3 is 2.05 bits per heavy atom. The maximum Gasteiger partial charge on any atom is -0.0167 e. The first-order chi connectivity index (χ1) is 10.6. The smallest absolute Gasteiger partial charge is 0.0167 e. The molecule has 0 saturated carbocycles. The summed E-state index contributed by atoms with van der Waals surface area (Å²) < 4.78 is 0. The highest BCUT2D eigenvalue weighted by atomic mass is 14.2. The fourth-order valence-electron chi connectivity index (χ4n) is 3.83. The largest absolute Gasteiger partial charge is 0.0654 e. The number of hydrogen-bond donors (Lipinski definition) is 0. The Kier molecular flexibility index (Phi) is 8.83. The van der Waals surface area contributed by atoms with E-state index >= 15 is 0 Å². The lowest BCUT2D eigenvalue weighted by atomic mass is 9.83. The first-order valence-corrected chi connectivity index (χ1v) is 9.69. The quantitative estimate of drug-likeness (QED) is 0.420. The Balaban J connectivity index is 3.08. The summed E-state index contributed by atoms with van der Waals surface area (Å²) in [5.41, 5.74) is 4.81. The maximum atomic E-state index is 2.55. The molecule has 0 saturated heterocycles. The monoisotopic (exact) mass is 302 g/mol. The Bertz CT molecular complexity index is 414. The fraction of sp³-hybridized carbons (Fsp3) is 0.727. The molecule has 0 aliphatic heterocycles. The van der Waals surface area contributed by atoms with Gasteiger partial charge in [0.1, 0.15) is 0 Å². The van der Waals surface area contributed by atoms with Gasteiger partial charge in [0.05, 0.1) is 0 Å². The van der Waals surface area contributed by atoms with Crippen LogP contribution in [-0.4, -0.2) is 0 Å². The molecule has 126 valence electrons. The molecule has 2 unspecified atom stereocenters. The van der Waals surface area contributed by atoms with Gasteiger partial charge in [-0.1, -0.05) is 79.0 Å². The molecule has 1 aromatic rings. The van der Waals surface area contributed by atoms with Crippen molar-refractivity contribution in [2.45, 2.75) is 98.3 Å². The van der Waals surface area contributed by atoms with Gasteiger partial charge in [-0.05, 0) is 60.1 Å². The van der Waals surface area contributed by atoms with Crippen LogP contribution in [0, 0.1) is 5.92 Å². The van der Waals surface area contributed by atoms with Crippen molar-refractivity contribution >= 4 is 0 Å². The van der Waals surface area contributed by atoms with Crippen molar-refractivity contribution in [3.05, 3.63) is 34.9 Å². The number of rotatable bonds is 10. The van der Waals surface area contributed by atoms with Gasteiger partial charge in [-0.3, -0.25) is 0 Å². The van der Waals surface area contributed by atoms with Crippen molar-refractivity contribution in [3.8, 4) is 0 Å². The molecule has 0 spiro atoms. The van der Waals surface area contributed by atoms with Crippen molar-refractivity contribution in [1.29, 1.82) is 0 Å². The highest BCUT2D eigenvalue weighted by molar-refractivity contribution is 5.36. The first-order valence-electron chi connectivity index (χ1n) is 9.69. The lowest BCUT2D eigenvalue weighted by molar-refractivity contribution is 0.516. The van der Waals surface area contributed by atoms with Crippen molar-refractivity contribution in [1.82, 2.24) is 0 Å². The molecule has 0 bridgehead atoms. The summed E-state index contributed by atoms with van der Waals surface area (Å²) in [5.74, 6) is 2.23. The van der Waals surface area contributed by atoms with Gasteiger partial charge in [0.15, 0.2) is 0 Å². The standard InChI is InChI=1S/C22H38/c1-7-11-17(5)15-21-14-13-20(19(9-3)10-4)16-22(21)18(6)12-8-2/h13-14,16-19H,7-12,15H2,1-6H3. The second-order valence-corrected chi connectivity index (χ2v) is 7.26. The van der Waals surface area contributed by atoms with Gasteiger partial charge >= 0.3 is 0 Å². The van der Waals surface area contributed by atoms with Crippen LogP contribution >= 0.6 is 0 Å². The van der Waals surface area contributed by atoms with Gasteiger partial charge in [0.25, 0.3) is 0 Å². The van der Waals surface area contributed by atoms with Crippen molar-refractivity contribution in [3.63, 3.8) is 0 Å². The van der Waals surface area contributed by atoms with Crippen LogP contribution in [0.2, 0.25) is 0 Å². The SMILES string of the molecule is CCCC(C)Cc1ccc(C(CC)CC)cc1C(C)CCC. The first kappa shape index (κ1) is 19.3. The molecule has 0 heteroatoms. The van der Waals surface area contributed by atoms with Crippen LogP contribution in [0.3, 0.4) is 0 Å². The summed E-state index contributed by atoms with van der Waals surface area (Å²) in [6.07, 6.45) is 8.98. The molecule has 2 atom stereocenters. The summed E-state index contributed by atoms with van der Waals surface area (Å²) in [5, 5.41) is 0. The Morgan fingerprint density at radius 2 is 1.50 bits per heavy atom. The predicted molar refractivity (Wildman–Crippen MR) is 101 cm³/mol. The molecule has 0 aliphatic carbocycles. The number of benzene rings is 1. The van der Waals surface area contributed by atoms with E-state index in [-0.39, 0.29) is 0 Å². The predicted octanol–water partition coefficient (Wildman–Crippen LogP) is 7.47. The van der Waals surface area contributed by atoms with E-state index in [1.165, 1.54) is 44.9 Å². The Morgan fingerprint density at radius 1 is 0.864 bits per heavy atom. The highest BCUT2D eigenvalue weighted by Crippen LogP contribution is 2.32. The third-order valence-corrected chi connectivity index (χ3v) is 5.23. The van der Waals surface area contributed by atoms with Crippen molar-refractivity contribution in [2.75, 3.05) is 0 Å². The summed E-state index contributed by atoms with van der Waals surface area (Å²) in [6.45, 7) is 14.1. The van der Waals surface area contributed by atoms with Gasteiger partial charge < -0.3 is 0 Å². The minimum Gasteiger partial charge on any atom is -0.0654 e. The van der Waals surface area contributed by atoms with Gasteiger partial charge in [-0.15, -0.1) is 0 Å². The average molecular weight is 303 g/mol. The Labute approximate surface area is 139 Å². The highest BCUT2D eigenvalue weighted by Gasteiger charge is 2.15. The van der Waals surface area contributed by atoms with E-state index in [1.807, 2.05) is 0 Å². The average Bonchev–Trinajstić information content (AvgIpc) is 2.50. The van der Waals surface area contributed by atoms with Gasteiger partial charge in [0.2, 0.25) is 0 Å². The van der Waals surface area contributed by atoms with Crippen LogP contribution in [0.15, 0.2) is 18.2 Å². The topological polar surface area (TPSA) is 0 Å². The molecule has 0 fully saturated rings. The molecule has 0 radical (unpaired) electrons. The molecule has 0 nitrogen and oxygen atoms in total. The molecule has 1 aromatic carbocycles. The molecule has 0 aliphatic rings. The van der Waals surface area contributed by atoms with Crippen LogP contribution in [0.4, 0.5) is 0 Å². The Hall–Kier alpha value is -0.780. The normalized spacial score (nSPS) is 14.3. The zero-order valence-electron chi connectivity index (χ0n) is 15.9. The maximum absolute atomic E-state index is 2.55. The van der Waals surface area contributed by atoms with Crippen molar-refractivity contribution < 1.29 is 0 Å². The zero-order valence-corrected chi connectivity index (χ0v) is 15.9. The van der Waals surface area contributed by atoms with Crippen LogP contribution in [0.5, 0.6) is 0 Å². The molecular formula is C22H38. The molecule has 22 heavy (non-hydrogen) atoms. The molecule has 0 amide bonds. The third-order valence-electron chi connectivity index (χ3n) is 5.23. The number of hydrogen-bond acceptors (Lipinski definition) is 0. The van der Waals surface area contributed by atoms with Crippen molar-refractivity contribution in [2.24, 2.45) is 5.92 Å². The van der Waals surface area contributed by atoms with E-state index in [4.69, 9.17) is 0 Å². The minimum absolute atomic E-state index is 0.697. The van der Waals surface area contributed by atoms with E-state index < -0.39 is 0 Å². The third kappa shape index (κ3) is 5.45. The lowest BCUT2D eigenvalue weighted by Crippen LogP contribution is -2.07. The van der Waals surface area contributed by atoms with E-state index in [0.717, 1.165) is 11.8 Å². The lowest BCUT2D eigenvalue weighted by Gasteiger charge is -2.22. The summed E-state index contributed by atoms with van der Waals surface area (Å²) >= 11 is 0. The van der Waals surface area contributed by atoms with Crippen LogP contribution in [0.25, 0.3) is 0 Å². The molecule has 1 rings (SSSR count). The zero-order chi connectivity index (χ0) is 16.5. The molecule has 0 N–H and O–H groups in total. The van der Waals surface area contributed by atoms with Gasteiger partial charge in [-0.2, -0.15) is 0 Å². The summed E-state index contributed by atoms with van der Waals surface area (Å²) in [4.78, 5) is 0. The second kappa shape index (κ2) is 10.1. The minimum atomic E-state index is 0.697. The van der Waals surface area contributed by atoms with Crippen LogP contribution in [-0.2, 0) is 6.42 Å². The molecule has 0 heterocycles. The van der Waals surface area contributed by atoms with Gasteiger partial charge in [0, 0.05) is 0 Å². The fourth-order valence-corrected chi connectivity index (χ4v) is 3.83. The van der Waals surface area contributed by atoms with Crippen LogP contribution < -0.4 is 0 Å². The van der Waals surface area contributed by atoms with Gasteiger partial charge in [-0.25, -0.2) is 0 Å². The summed E-state index contributed by atoms with van der Waals surface area (Å²) in [7, 11) is 0. The molecule has 0 aromatic heterocycles. The van der Waals surface area contributed by atoms with E-state index in [0.29, 0.717) is 5.92 Å². The summed E-state index contributed by atoms with van der Waals surface area (Å²) in [6, 6.07) is 7.40. The molecular weight excluding hydrogens is 264 g/mol. The van der Waals surface area contributed by atoms with Crippen LogP contribution in [0.1, 0.15) is 109 Å². The van der Waals surface area contributed by atoms with E-state index in [9.17, 15) is 0 Å². The van der Waals surface area contributed by atoms with E-state index in [2.05, 4.69) is 59.7 Å². The second-order valence-electron chi connectivity index (χ2n) is 7.26.